The molecule has 0 aromatic carbocycles. The molecule has 1 atom stereocenters. The highest BCUT2D eigenvalue weighted by Gasteiger charge is 2.21. The van der Waals surface area contributed by atoms with Gasteiger partial charge in [-0.2, -0.15) is 0 Å². The normalized spacial score (nSPS) is 22.8. The lowest BCUT2D eigenvalue weighted by Gasteiger charge is -2.22. The van der Waals surface area contributed by atoms with Crippen LogP contribution in [0.4, 0.5) is 0 Å². The summed E-state index contributed by atoms with van der Waals surface area (Å²) >= 11 is 0. The molecule has 1 aliphatic heterocycles. The summed E-state index contributed by atoms with van der Waals surface area (Å²) in [4.78, 5) is 2.37. The molecule has 0 radical (unpaired) electrons. The maximum Gasteiger partial charge on any atom is 0.151 e. The molecule has 0 spiro atoms. The van der Waals surface area contributed by atoms with Crippen molar-refractivity contribution in [1.82, 2.24) is 15.4 Å². The zero-order valence-electron chi connectivity index (χ0n) is 12.3. The molecule has 1 aromatic heterocycles. The monoisotopic (exact) mass is 279 g/mol. The maximum atomic E-state index is 5.70. The predicted octanol–water partition coefficient (Wildman–Crippen LogP) is 1.93. The number of nitrogens with one attached hydrogen (secondary N) is 1. The standard InChI is InChI=1S/C15H25N3O2/c1-2-18(10-14-4-3-7-19-14)11-15-8-13(17-20-15)9-16-12-5-6-12/h8,12,14,16H,2-7,9-11H2,1H3. The maximum absolute atomic E-state index is 5.70. The molecule has 2 aliphatic rings. The van der Waals surface area contributed by atoms with E-state index in [1.807, 2.05) is 0 Å². The van der Waals surface area contributed by atoms with E-state index >= 15 is 0 Å². The van der Waals surface area contributed by atoms with Crippen molar-refractivity contribution in [3.8, 4) is 0 Å². The summed E-state index contributed by atoms with van der Waals surface area (Å²) in [5.74, 6) is 0.956. The number of likely N-dealkylation sites (N-methyl/N-ethyl adjacent to an activating group) is 1. The summed E-state index contributed by atoms with van der Waals surface area (Å²) in [5.41, 5.74) is 1.01. The molecular weight excluding hydrogens is 254 g/mol. The second-order valence-corrected chi connectivity index (χ2v) is 5.90. The van der Waals surface area contributed by atoms with Crippen LogP contribution in [0.2, 0.25) is 0 Å². The lowest BCUT2D eigenvalue weighted by atomic mass is 10.2. The van der Waals surface area contributed by atoms with E-state index in [0.717, 1.165) is 44.2 Å². The zero-order valence-corrected chi connectivity index (χ0v) is 12.3. The number of aromatic nitrogens is 1. The minimum Gasteiger partial charge on any atom is -0.377 e. The Bertz CT molecular complexity index is 411. The number of hydrogen-bond acceptors (Lipinski definition) is 5. The van der Waals surface area contributed by atoms with Gasteiger partial charge >= 0.3 is 0 Å². The lowest BCUT2D eigenvalue weighted by Crippen LogP contribution is -2.31. The summed E-state index contributed by atoms with van der Waals surface area (Å²) in [6, 6.07) is 2.79. The Balaban J connectivity index is 1.46. The molecule has 5 nitrogen and oxygen atoms in total. The van der Waals surface area contributed by atoms with Crippen LogP contribution in [0.3, 0.4) is 0 Å². The van der Waals surface area contributed by atoms with E-state index in [1.165, 1.54) is 25.7 Å². The third-order valence-electron chi connectivity index (χ3n) is 4.07. The molecule has 1 N–H and O–H groups in total. The van der Waals surface area contributed by atoms with Gasteiger partial charge in [-0.3, -0.25) is 4.90 Å². The molecule has 1 unspecified atom stereocenters. The first-order chi connectivity index (χ1) is 9.83. The topological polar surface area (TPSA) is 50.5 Å². The number of rotatable bonds is 8. The third kappa shape index (κ3) is 4.04. The SMILES string of the molecule is CCN(Cc1cc(CNC2CC2)no1)CC1CCCO1. The fourth-order valence-corrected chi connectivity index (χ4v) is 2.65. The van der Waals surface area contributed by atoms with Gasteiger partial charge in [0.05, 0.1) is 18.3 Å². The van der Waals surface area contributed by atoms with Crippen molar-refractivity contribution in [2.75, 3.05) is 19.7 Å². The van der Waals surface area contributed by atoms with Gasteiger partial charge in [0.25, 0.3) is 0 Å². The molecule has 1 saturated heterocycles. The number of nitrogens with zero attached hydrogens (tertiary/aromatic N) is 2. The van der Waals surface area contributed by atoms with Gasteiger partial charge in [-0.25, -0.2) is 0 Å². The van der Waals surface area contributed by atoms with Crippen LogP contribution in [0.5, 0.6) is 0 Å². The van der Waals surface area contributed by atoms with Gasteiger partial charge in [-0.15, -0.1) is 0 Å². The van der Waals surface area contributed by atoms with Crippen LogP contribution in [0.1, 0.15) is 44.1 Å². The van der Waals surface area contributed by atoms with Gasteiger partial charge in [-0.1, -0.05) is 12.1 Å². The third-order valence-corrected chi connectivity index (χ3v) is 4.07. The second-order valence-electron chi connectivity index (χ2n) is 5.90. The Hall–Kier alpha value is -0.910. The largest absolute Gasteiger partial charge is 0.377 e. The van der Waals surface area contributed by atoms with Crippen molar-refractivity contribution in [2.45, 2.75) is 57.8 Å². The van der Waals surface area contributed by atoms with E-state index in [1.54, 1.807) is 0 Å². The molecule has 3 rings (SSSR count). The van der Waals surface area contributed by atoms with Crippen molar-refractivity contribution < 1.29 is 9.26 Å². The summed E-state index contributed by atoms with van der Waals surface area (Å²) in [6.45, 7) is 6.75. The summed E-state index contributed by atoms with van der Waals surface area (Å²) in [7, 11) is 0. The van der Waals surface area contributed by atoms with E-state index in [0.29, 0.717) is 12.1 Å². The van der Waals surface area contributed by atoms with Gasteiger partial charge < -0.3 is 14.6 Å². The Kier molecular flexibility index (Phi) is 4.70. The van der Waals surface area contributed by atoms with Crippen LogP contribution < -0.4 is 5.32 Å². The van der Waals surface area contributed by atoms with Gasteiger partial charge in [0, 0.05) is 31.8 Å². The quantitative estimate of drug-likeness (QED) is 0.788. The molecule has 2 heterocycles. The Morgan fingerprint density at radius 2 is 2.30 bits per heavy atom. The molecule has 112 valence electrons. The van der Waals surface area contributed by atoms with Crippen LogP contribution in [-0.4, -0.2) is 41.9 Å². The van der Waals surface area contributed by atoms with Gasteiger partial charge in [0.1, 0.15) is 0 Å². The fraction of sp³-hybridized carbons (Fsp3) is 0.800. The smallest absolute Gasteiger partial charge is 0.151 e. The molecule has 2 fully saturated rings. The average Bonchev–Trinajstić information content (AvgIpc) is 2.96. The average molecular weight is 279 g/mol. The second kappa shape index (κ2) is 6.70. The lowest BCUT2D eigenvalue weighted by molar-refractivity contribution is 0.0695. The Morgan fingerprint density at radius 3 is 3.00 bits per heavy atom. The molecule has 1 aromatic rings. The number of hydrogen-bond donors (Lipinski definition) is 1. The first-order valence-electron chi connectivity index (χ1n) is 7.85. The first kappa shape index (κ1) is 14.0. The molecule has 0 bridgehead atoms. The van der Waals surface area contributed by atoms with Crippen LogP contribution in [0, 0.1) is 0 Å². The highest BCUT2D eigenvalue weighted by Crippen LogP contribution is 2.19. The van der Waals surface area contributed by atoms with Gasteiger partial charge in [0.2, 0.25) is 0 Å². The van der Waals surface area contributed by atoms with E-state index in [-0.39, 0.29) is 0 Å². The number of ether oxygens (including phenoxy) is 1. The highest BCUT2D eigenvalue weighted by molar-refractivity contribution is 5.05. The van der Waals surface area contributed by atoms with Gasteiger partial charge in [-0.05, 0) is 32.2 Å². The first-order valence-corrected chi connectivity index (χ1v) is 7.85. The predicted molar refractivity (Wildman–Crippen MR) is 76.3 cm³/mol. The van der Waals surface area contributed by atoms with E-state index in [9.17, 15) is 0 Å². The minimum absolute atomic E-state index is 0.397. The van der Waals surface area contributed by atoms with Gasteiger partial charge in [0.15, 0.2) is 5.76 Å². The van der Waals surface area contributed by atoms with E-state index in [2.05, 4.69) is 28.4 Å². The molecule has 5 heteroatoms. The molecule has 1 saturated carbocycles. The van der Waals surface area contributed by atoms with E-state index < -0.39 is 0 Å². The van der Waals surface area contributed by atoms with Crippen LogP contribution >= 0.6 is 0 Å². The van der Waals surface area contributed by atoms with Crippen molar-refractivity contribution in [2.24, 2.45) is 0 Å². The van der Waals surface area contributed by atoms with Crippen LogP contribution in [-0.2, 0) is 17.8 Å². The molecular formula is C15H25N3O2. The fourth-order valence-electron chi connectivity index (χ4n) is 2.65. The van der Waals surface area contributed by atoms with Crippen molar-refractivity contribution in [3.63, 3.8) is 0 Å². The van der Waals surface area contributed by atoms with Crippen molar-refractivity contribution >= 4 is 0 Å². The minimum atomic E-state index is 0.397. The molecule has 0 amide bonds. The zero-order chi connectivity index (χ0) is 13.8. The van der Waals surface area contributed by atoms with E-state index in [4.69, 9.17) is 9.26 Å². The van der Waals surface area contributed by atoms with Crippen molar-refractivity contribution in [1.29, 1.82) is 0 Å². The molecule has 1 aliphatic carbocycles. The van der Waals surface area contributed by atoms with Crippen molar-refractivity contribution in [3.05, 3.63) is 17.5 Å². The summed E-state index contributed by atoms with van der Waals surface area (Å²) in [6.07, 6.45) is 5.38. The Morgan fingerprint density at radius 1 is 1.40 bits per heavy atom. The highest BCUT2D eigenvalue weighted by atomic mass is 16.5. The summed E-state index contributed by atoms with van der Waals surface area (Å²) < 4.78 is 11.1. The van der Waals surface area contributed by atoms with Crippen LogP contribution in [0.15, 0.2) is 10.6 Å². The Labute approximate surface area is 120 Å². The summed E-state index contributed by atoms with van der Waals surface area (Å²) in [5, 5.41) is 7.60. The van der Waals surface area contributed by atoms with Crippen LogP contribution in [0.25, 0.3) is 0 Å². The molecule has 20 heavy (non-hydrogen) atoms.